The van der Waals surface area contributed by atoms with E-state index >= 15 is 0 Å². The largest absolute Gasteiger partial charge is 0.407 e. The van der Waals surface area contributed by atoms with Crippen LogP contribution in [0.1, 0.15) is 6.92 Å². The summed E-state index contributed by atoms with van der Waals surface area (Å²) in [6.45, 7) is 2.74. The molecule has 0 radical (unpaired) electrons. The fraction of sp³-hybridized carbons (Fsp3) is 0.308. The van der Waals surface area contributed by atoms with Crippen LogP contribution in [-0.4, -0.2) is 37.7 Å². The molecule has 10 heteroatoms. The summed E-state index contributed by atoms with van der Waals surface area (Å²) in [5.41, 5.74) is 9.56. The lowest BCUT2D eigenvalue weighted by Crippen LogP contribution is -2.27. The highest BCUT2D eigenvalue weighted by atomic mass is 32.3. The molecule has 1 heterocycles. The molecule has 0 atom stereocenters. The first kappa shape index (κ1) is 17.5. The van der Waals surface area contributed by atoms with Gasteiger partial charge >= 0.3 is 15.5 Å². The van der Waals surface area contributed by atoms with E-state index in [9.17, 15) is 8.42 Å². The molecule has 0 aliphatic heterocycles. The molecule has 0 bridgehead atoms. The molecule has 0 spiro atoms. The van der Waals surface area contributed by atoms with E-state index in [2.05, 4.69) is 9.17 Å². The van der Waals surface area contributed by atoms with E-state index in [0.29, 0.717) is 23.9 Å². The van der Waals surface area contributed by atoms with Crippen LogP contribution in [0.25, 0.3) is 0 Å². The summed E-state index contributed by atoms with van der Waals surface area (Å²) in [4.78, 5) is 5.97. The summed E-state index contributed by atoms with van der Waals surface area (Å²) in [5, 5.41) is 2.38. The molecule has 0 fully saturated rings. The number of hydrogen-bond acceptors (Lipinski definition) is 7. The minimum absolute atomic E-state index is 0.141. The number of benzene rings is 1. The van der Waals surface area contributed by atoms with Crippen molar-refractivity contribution in [2.45, 2.75) is 6.92 Å². The summed E-state index contributed by atoms with van der Waals surface area (Å²) in [6.07, 6.45) is 1.64. The predicted octanol–water partition coefficient (Wildman–Crippen LogP) is 2.65. The van der Waals surface area contributed by atoms with E-state index in [-0.39, 0.29) is 6.61 Å². The number of nitrogens with zero attached hydrogens (tertiary/aromatic N) is 3. The number of thiazole rings is 1. The number of likely N-dealkylation sites (N-methyl/N-ethyl adjacent to an activating group) is 1. The number of aromatic nitrogens is 1. The lowest BCUT2D eigenvalue weighted by molar-refractivity contribution is 0.274. The molecule has 2 N–H and O–H groups in total. The van der Waals surface area contributed by atoms with Gasteiger partial charge in [0.1, 0.15) is 0 Å². The average Bonchev–Trinajstić information content (AvgIpc) is 3.04. The third kappa shape index (κ3) is 5.06. The Morgan fingerprint density at radius 3 is 2.61 bits per heavy atom. The molecule has 2 aromatic rings. The molecule has 8 nitrogen and oxygen atoms in total. The number of nitrogens with one attached hydrogen (secondary N) is 1. The van der Waals surface area contributed by atoms with Gasteiger partial charge in [-0.15, -0.1) is 5.53 Å². The minimum atomic E-state index is -4.42. The van der Waals surface area contributed by atoms with Crippen LogP contribution in [0, 0.1) is 5.53 Å². The van der Waals surface area contributed by atoms with E-state index in [0.717, 1.165) is 5.69 Å². The maximum absolute atomic E-state index is 10.6. The Kier molecular flexibility index (Phi) is 5.77. The molecule has 0 saturated heterocycles. The Morgan fingerprint density at radius 1 is 1.39 bits per heavy atom. The fourth-order valence-corrected chi connectivity index (χ4v) is 2.83. The summed E-state index contributed by atoms with van der Waals surface area (Å²) in [5.74, 6) is 0. The summed E-state index contributed by atoms with van der Waals surface area (Å²) in [7, 11) is -4.42. The third-order valence-corrected chi connectivity index (χ3v) is 4.28. The van der Waals surface area contributed by atoms with Crippen LogP contribution >= 0.6 is 11.3 Å². The molecule has 23 heavy (non-hydrogen) atoms. The van der Waals surface area contributed by atoms with Gasteiger partial charge in [0.25, 0.3) is 0 Å². The second kappa shape index (κ2) is 7.59. The zero-order valence-electron chi connectivity index (χ0n) is 12.4. The Bertz CT molecular complexity index is 745. The van der Waals surface area contributed by atoms with Crippen molar-refractivity contribution >= 4 is 38.2 Å². The zero-order chi connectivity index (χ0) is 16.9. The molecular weight excluding hydrogens is 340 g/mol. The second-order valence-corrected chi connectivity index (χ2v) is 6.46. The first-order valence-corrected chi connectivity index (χ1v) is 9.03. The van der Waals surface area contributed by atoms with Gasteiger partial charge in [0, 0.05) is 24.2 Å². The predicted molar refractivity (Wildman–Crippen MR) is 88.1 cm³/mol. The number of hydrogen-bond donors (Lipinski definition) is 2. The van der Waals surface area contributed by atoms with Gasteiger partial charge in [-0.1, -0.05) is 4.70 Å². The smallest absolute Gasteiger partial charge is 0.369 e. The maximum atomic E-state index is 10.6. The lowest BCUT2D eigenvalue weighted by atomic mass is 10.2. The average molecular weight is 357 g/mol. The fourth-order valence-electron chi connectivity index (χ4n) is 1.97. The highest BCUT2D eigenvalue weighted by Crippen LogP contribution is 2.24. The summed E-state index contributed by atoms with van der Waals surface area (Å²) in [6, 6.07) is 7.24. The van der Waals surface area contributed by atoms with Gasteiger partial charge in [-0.3, -0.25) is 4.55 Å². The van der Waals surface area contributed by atoms with Crippen molar-refractivity contribution < 1.29 is 17.2 Å². The van der Waals surface area contributed by atoms with Gasteiger partial charge in [-0.05, 0) is 47.5 Å². The first-order chi connectivity index (χ1) is 10.9. The monoisotopic (exact) mass is 357 g/mol. The molecular formula is C13H17N4O4S2+. The zero-order valence-corrected chi connectivity index (χ0v) is 14.0. The van der Waals surface area contributed by atoms with Crippen LogP contribution in [0.15, 0.2) is 35.8 Å². The van der Waals surface area contributed by atoms with Crippen molar-refractivity contribution in [1.82, 2.24) is 9.68 Å². The molecule has 1 aromatic heterocycles. The first-order valence-electron chi connectivity index (χ1n) is 6.78. The standard InChI is InChI=1S/C13H16N4O4S2/c1-2-16(8-9-21-23(18,19)20)11-3-5-12(6-4-11)17(14)13-15-7-10-22-13/h3-7,10,14H,2,8-9H2,1H3/p+1. The van der Waals surface area contributed by atoms with Crippen molar-refractivity contribution in [3.05, 3.63) is 35.8 Å². The third-order valence-electron chi connectivity index (χ3n) is 3.06. The maximum Gasteiger partial charge on any atom is 0.407 e. The highest BCUT2D eigenvalue weighted by Gasteiger charge is 2.15. The van der Waals surface area contributed by atoms with Gasteiger partial charge in [0.2, 0.25) is 0 Å². The number of rotatable bonds is 8. The van der Waals surface area contributed by atoms with Crippen molar-refractivity contribution in [3.8, 4) is 0 Å². The molecule has 124 valence electrons. The van der Waals surface area contributed by atoms with Gasteiger partial charge in [0.05, 0.1) is 6.61 Å². The van der Waals surface area contributed by atoms with Crippen molar-refractivity contribution in [2.24, 2.45) is 0 Å². The molecule has 0 saturated carbocycles. The van der Waals surface area contributed by atoms with E-state index in [1.54, 1.807) is 23.7 Å². The molecule has 0 aliphatic rings. The van der Waals surface area contributed by atoms with Crippen LogP contribution in [-0.2, 0) is 14.6 Å². The van der Waals surface area contributed by atoms with Crippen molar-refractivity contribution in [3.63, 3.8) is 0 Å². The van der Waals surface area contributed by atoms with Gasteiger partial charge in [0.15, 0.2) is 11.9 Å². The van der Waals surface area contributed by atoms with Gasteiger partial charge in [-0.2, -0.15) is 8.42 Å². The van der Waals surface area contributed by atoms with E-state index < -0.39 is 10.4 Å². The van der Waals surface area contributed by atoms with E-state index in [4.69, 9.17) is 10.1 Å². The molecule has 0 amide bonds. The minimum Gasteiger partial charge on any atom is -0.369 e. The quantitative estimate of drug-likeness (QED) is 0.427. The highest BCUT2D eigenvalue weighted by molar-refractivity contribution is 7.80. The van der Waals surface area contributed by atoms with Gasteiger partial charge in [-0.25, -0.2) is 4.18 Å². The molecule has 2 rings (SSSR count). The van der Waals surface area contributed by atoms with Crippen molar-refractivity contribution in [1.29, 1.82) is 5.53 Å². The van der Waals surface area contributed by atoms with Crippen LogP contribution in [0.4, 0.5) is 16.5 Å². The molecule has 0 unspecified atom stereocenters. The normalized spacial score (nSPS) is 11.4. The van der Waals surface area contributed by atoms with Crippen molar-refractivity contribution in [2.75, 3.05) is 24.6 Å². The Hall–Kier alpha value is -1.88. The van der Waals surface area contributed by atoms with Gasteiger partial charge < -0.3 is 4.90 Å². The molecule has 1 aromatic carbocycles. The Labute approximate surface area is 138 Å². The Morgan fingerprint density at radius 2 is 2.09 bits per heavy atom. The van der Waals surface area contributed by atoms with E-state index in [1.807, 2.05) is 24.0 Å². The summed E-state index contributed by atoms with van der Waals surface area (Å²) < 4.78 is 35.2. The lowest BCUT2D eigenvalue weighted by Gasteiger charge is -2.22. The topological polar surface area (TPSA) is 107 Å². The van der Waals surface area contributed by atoms with E-state index in [1.165, 1.54) is 16.0 Å². The van der Waals surface area contributed by atoms with Crippen LogP contribution in [0.2, 0.25) is 0 Å². The van der Waals surface area contributed by atoms with Crippen LogP contribution in [0.3, 0.4) is 0 Å². The van der Waals surface area contributed by atoms with Crippen LogP contribution < -0.4 is 9.60 Å². The molecule has 0 aliphatic carbocycles. The number of anilines is 1. The Balaban J connectivity index is 2.03. The second-order valence-electron chi connectivity index (χ2n) is 4.50. The summed E-state index contributed by atoms with van der Waals surface area (Å²) >= 11 is 1.37. The SMILES string of the molecule is CCN(CCOS(=O)(=O)O)c1ccc([N+](=N)c2nccs2)cc1. The van der Waals surface area contributed by atoms with Crippen LogP contribution in [0.5, 0.6) is 0 Å².